The molecule has 0 fully saturated rings. The Labute approximate surface area is 163 Å². The number of hydrogen-bond acceptors (Lipinski definition) is 7. The summed E-state index contributed by atoms with van der Waals surface area (Å²) in [6, 6.07) is 9.00. The highest BCUT2D eigenvalue weighted by molar-refractivity contribution is 5.98. The molecule has 9 nitrogen and oxygen atoms in total. The molecule has 1 N–H and O–H groups in total. The Morgan fingerprint density at radius 3 is 2.48 bits per heavy atom. The summed E-state index contributed by atoms with van der Waals surface area (Å²) < 4.78 is 39.6. The van der Waals surface area contributed by atoms with Crippen molar-refractivity contribution in [2.75, 3.05) is 12.4 Å². The minimum absolute atomic E-state index is 0.117. The molecule has 2 aromatic carbocycles. The smallest absolute Gasteiger partial charge is 0.387 e. The number of halogens is 2. The van der Waals surface area contributed by atoms with E-state index in [0.717, 1.165) is 6.07 Å². The standard InChI is InChI=1S/C18H16F2N2O7/c1-10(16(23)21-11-5-3-6-12(9-11)22(25)26)28-17(24)13-7-4-8-14(27-2)15(13)29-18(19)20/h3-10,18H,1-2H3,(H,21,23). The highest BCUT2D eigenvalue weighted by atomic mass is 19.3. The third-order valence-corrected chi connectivity index (χ3v) is 3.60. The van der Waals surface area contributed by atoms with E-state index in [4.69, 9.17) is 9.47 Å². The summed E-state index contributed by atoms with van der Waals surface area (Å²) in [4.78, 5) is 34.7. The zero-order chi connectivity index (χ0) is 21.6. The van der Waals surface area contributed by atoms with Crippen LogP contribution in [0.4, 0.5) is 20.2 Å². The molecule has 2 rings (SSSR count). The number of esters is 1. The van der Waals surface area contributed by atoms with Crippen LogP contribution in [-0.2, 0) is 9.53 Å². The molecule has 0 aliphatic carbocycles. The molecule has 154 valence electrons. The van der Waals surface area contributed by atoms with Crippen molar-refractivity contribution in [3.05, 3.63) is 58.1 Å². The number of nitrogens with zero attached hydrogens (tertiary/aromatic N) is 1. The average molecular weight is 410 g/mol. The van der Waals surface area contributed by atoms with Gasteiger partial charge in [0.05, 0.1) is 12.0 Å². The van der Waals surface area contributed by atoms with E-state index in [-0.39, 0.29) is 22.7 Å². The van der Waals surface area contributed by atoms with Crippen LogP contribution in [0, 0.1) is 10.1 Å². The summed E-state index contributed by atoms with van der Waals surface area (Å²) >= 11 is 0. The molecule has 0 bridgehead atoms. The van der Waals surface area contributed by atoms with Crippen LogP contribution in [-0.4, -0.2) is 36.6 Å². The van der Waals surface area contributed by atoms with Crippen LogP contribution >= 0.6 is 0 Å². The third kappa shape index (κ3) is 5.61. The SMILES string of the molecule is COc1cccc(C(=O)OC(C)C(=O)Nc2cccc([N+](=O)[O-])c2)c1OC(F)F. The molecule has 29 heavy (non-hydrogen) atoms. The molecule has 0 heterocycles. The maximum absolute atomic E-state index is 12.7. The third-order valence-electron chi connectivity index (χ3n) is 3.60. The topological polar surface area (TPSA) is 117 Å². The fourth-order valence-electron chi connectivity index (χ4n) is 2.27. The molecule has 0 spiro atoms. The predicted octanol–water partition coefficient (Wildman–Crippen LogP) is 3.39. The zero-order valence-corrected chi connectivity index (χ0v) is 15.3. The quantitative estimate of drug-likeness (QED) is 0.403. The number of para-hydroxylation sites is 1. The number of carbonyl (C=O) groups is 2. The molecule has 11 heteroatoms. The van der Waals surface area contributed by atoms with Crippen LogP contribution in [0.15, 0.2) is 42.5 Å². The molecule has 1 amide bonds. The molecule has 0 aromatic heterocycles. The monoisotopic (exact) mass is 410 g/mol. The molecule has 0 saturated carbocycles. The predicted molar refractivity (Wildman–Crippen MR) is 96.2 cm³/mol. The molecule has 0 radical (unpaired) electrons. The summed E-state index contributed by atoms with van der Waals surface area (Å²) in [5, 5.41) is 13.2. The first-order valence-corrected chi connectivity index (χ1v) is 8.11. The first-order chi connectivity index (χ1) is 13.7. The second kappa shape index (κ2) is 9.44. The highest BCUT2D eigenvalue weighted by Gasteiger charge is 2.25. The fourth-order valence-corrected chi connectivity index (χ4v) is 2.27. The van der Waals surface area contributed by atoms with E-state index < -0.39 is 35.3 Å². The van der Waals surface area contributed by atoms with E-state index in [2.05, 4.69) is 10.1 Å². The van der Waals surface area contributed by atoms with Gasteiger partial charge in [0.15, 0.2) is 17.6 Å². The fraction of sp³-hybridized carbons (Fsp3) is 0.222. The lowest BCUT2D eigenvalue weighted by molar-refractivity contribution is -0.384. The molecule has 1 atom stereocenters. The number of nitro benzene ring substituents is 1. The minimum Gasteiger partial charge on any atom is -0.493 e. The summed E-state index contributed by atoms with van der Waals surface area (Å²) in [6.07, 6.45) is -1.34. The van der Waals surface area contributed by atoms with Crippen molar-refractivity contribution in [2.45, 2.75) is 19.6 Å². The Bertz CT molecular complexity index is 921. The first-order valence-electron chi connectivity index (χ1n) is 8.11. The second-order valence-corrected chi connectivity index (χ2v) is 5.56. The Hall–Kier alpha value is -3.76. The van der Waals surface area contributed by atoms with E-state index in [1.165, 1.54) is 50.4 Å². The number of amides is 1. The van der Waals surface area contributed by atoms with Crippen molar-refractivity contribution in [3.63, 3.8) is 0 Å². The lowest BCUT2D eigenvalue weighted by atomic mass is 10.2. The molecule has 0 aliphatic heterocycles. The molecule has 1 unspecified atom stereocenters. The number of benzene rings is 2. The number of carbonyl (C=O) groups excluding carboxylic acids is 2. The van der Waals surface area contributed by atoms with E-state index in [1.807, 2.05) is 0 Å². The average Bonchev–Trinajstić information content (AvgIpc) is 2.67. The number of hydrogen-bond donors (Lipinski definition) is 1. The lowest BCUT2D eigenvalue weighted by Crippen LogP contribution is -2.30. The van der Waals surface area contributed by atoms with Crippen LogP contribution in [0.5, 0.6) is 11.5 Å². The van der Waals surface area contributed by atoms with E-state index >= 15 is 0 Å². The number of rotatable bonds is 8. The molecule has 2 aromatic rings. The van der Waals surface area contributed by atoms with Crippen molar-refractivity contribution in [1.82, 2.24) is 0 Å². The van der Waals surface area contributed by atoms with Gasteiger partial charge in [-0.3, -0.25) is 14.9 Å². The van der Waals surface area contributed by atoms with Crippen LogP contribution in [0.2, 0.25) is 0 Å². The van der Waals surface area contributed by atoms with Crippen LogP contribution in [0.25, 0.3) is 0 Å². The van der Waals surface area contributed by atoms with Crippen molar-refractivity contribution >= 4 is 23.3 Å². The van der Waals surface area contributed by atoms with Gasteiger partial charge in [-0.1, -0.05) is 12.1 Å². The number of nitrogens with one attached hydrogen (secondary N) is 1. The number of non-ortho nitro benzene ring substituents is 1. The van der Waals surface area contributed by atoms with Crippen molar-refractivity contribution in [1.29, 1.82) is 0 Å². The van der Waals surface area contributed by atoms with E-state index in [1.54, 1.807) is 0 Å². The highest BCUT2D eigenvalue weighted by Crippen LogP contribution is 2.33. The molecule has 0 aliphatic rings. The first kappa shape index (κ1) is 21.5. The largest absolute Gasteiger partial charge is 0.493 e. The van der Waals surface area contributed by atoms with Crippen LogP contribution < -0.4 is 14.8 Å². The van der Waals surface area contributed by atoms with Gasteiger partial charge in [-0.2, -0.15) is 8.78 Å². The Kier molecular flexibility index (Phi) is 7.01. The Morgan fingerprint density at radius 1 is 1.17 bits per heavy atom. The number of ether oxygens (including phenoxy) is 3. The van der Waals surface area contributed by atoms with Gasteiger partial charge in [0, 0.05) is 17.8 Å². The van der Waals surface area contributed by atoms with E-state index in [0.29, 0.717) is 0 Å². The van der Waals surface area contributed by atoms with Crippen LogP contribution in [0.1, 0.15) is 17.3 Å². The normalized spacial score (nSPS) is 11.5. The molecular weight excluding hydrogens is 394 g/mol. The van der Waals surface area contributed by atoms with Gasteiger partial charge in [-0.25, -0.2) is 4.79 Å². The number of anilines is 1. The lowest BCUT2D eigenvalue weighted by Gasteiger charge is -2.16. The number of alkyl halides is 2. The maximum atomic E-state index is 12.7. The molecular formula is C18H16F2N2O7. The van der Waals surface area contributed by atoms with Gasteiger partial charge >= 0.3 is 12.6 Å². The van der Waals surface area contributed by atoms with Gasteiger partial charge in [0.25, 0.3) is 11.6 Å². The van der Waals surface area contributed by atoms with Crippen molar-refractivity contribution in [2.24, 2.45) is 0 Å². The van der Waals surface area contributed by atoms with Gasteiger partial charge < -0.3 is 19.5 Å². The second-order valence-electron chi connectivity index (χ2n) is 5.56. The Morgan fingerprint density at radius 2 is 1.86 bits per heavy atom. The van der Waals surface area contributed by atoms with Crippen molar-refractivity contribution in [3.8, 4) is 11.5 Å². The summed E-state index contributed by atoms with van der Waals surface area (Å²) in [5.41, 5.74) is -0.479. The minimum atomic E-state index is -3.22. The van der Waals surface area contributed by atoms with Crippen LogP contribution in [0.3, 0.4) is 0 Å². The van der Waals surface area contributed by atoms with Gasteiger partial charge in [-0.15, -0.1) is 0 Å². The number of methoxy groups -OCH3 is 1. The Balaban J connectivity index is 2.13. The zero-order valence-electron chi connectivity index (χ0n) is 15.3. The molecule has 0 saturated heterocycles. The van der Waals surface area contributed by atoms with E-state index in [9.17, 15) is 28.5 Å². The van der Waals surface area contributed by atoms with Gasteiger partial charge in [-0.05, 0) is 25.1 Å². The summed E-state index contributed by atoms with van der Waals surface area (Å²) in [7, 11) is 1.21. The van der Waals surface area contributed by atoms with Gasteiger partial charge in [0.2, 0.25) is 0 Å². The van der Waals surface area contributed by atoms with Gasteiger partial charge in [0.1, 0.15) is 5.56 Å². The van der Waals surface area contributed by atoms with Crippen molar-refractivity contribution < 1.29 is 37.5 Å². The maximum Gasteiger partial charge on any atom is 0.387 e. The summed E-state index contributed by atoms with van der Waals surface area (Å²) in [6.45, 7) is -1.97. The number of nitro groups is 1. The summed E-state index contributed by atoms with van der Waals surface area (Å²) in [5.74, 6) is -2.52.